The number of benzene rings is 1. The van der Waals surface area contributed by atoms with Crippen molar-refractivity contribution in [3.05, 3.63) is 70.4 Å². The molecule has 7 heteroatoms. The zero-order valence-electron chi connectivity index (χ0n) is 12.1. The molecule has 0 spiro atoms. The van der Waals surface area contributed by atoms with E-state index >= 15 is 0 Å². The van der Waals surface area contributed by atoms with Gasteiger partial charge in [-0.3, -0.25) is 4.98 Å². The van der Waals surface area contributed by atoms with Gasteiger partial charge in [-0.2, -0.15) is 9.61 Å². The minimum atomic E-state index is -0.294. The zero-order chi connectivity index (χ0) is 15.6. The van der Waals surface area contributed by atoms with Gasteiger partial charge in [-0.15, -0.1) is 11.3 Å². The molecule has 0 fully saturated rings. The molecular weight excluding hydrogens is 310 g/mol. The molecule has 23 heavy (non-hydrogen) atoms. The van der Waals surface area contributed by atoms with Gasteiger partial charge >= 0.3 is 5.69 Å². The summed E-state index contributed by atoms with van der Waals surface area (Å²) >= 11 is 1.68. The van der Waals surface area contributed by atoms with Gasteiger partial charge in [0.1, 0.15) is 0 Å². The van der Waals surface area contributed by atoms with Gasteiger partial charge in [0.25, 0.3) is 0 Å². The van der Waals surface area contributed by atoms with Gasteiger partial charge in [0, 0.05) is 12.1 Å². The van der Waals surface area contributed by atoms with Gasteiger partial charge in [-0.1, -0.05) is 24.3 Å². The Kier molecular flexibility index (Phi) is 3.39. The van der Waals surface area contributed by atoms with Crippen molar-refractivity contribution in [3.8, 4) is 11.1 Å². The topological polar surface area (TPSA) is 75.1 Å². The zero-order valence-corrected chi connectivity index (χ0v) is 12.9. The van der Waals surface area contributed by atoms with Gasteiger partial charge in [0.2, 0.25) is 0 Å². The Morgan fingerprint density at radius 1 is 1.22 bits per heavy atom. The largest absolute Gasteiger partial charge is 0.373 e. The van der Waals surface area contributed by atoms with Crippen molar-refractivity contribution in [2.75, 3.05) is 5.32 Å². The predicted octanol–water partition coefficient (Wildman–Crippen LogP) is 2.76. The van der Waals surface area contributed by atoms with Crippen molar-refractivity contribution >= 4 is 22.0 Å². The van der Waals surface area contributed by atoms with Crippen molar-refractivity contribution in [2.24, 2.45) is 0 Å². The van der Waals surface area contributed by atoms with E-state index in [1.165, 1.54) is 16.4 Å². The third kappa shape index (κ3) is 2.62. The number of nitrogens with zero attached hydrogens (tertiary/aromatic N) is 3. The Morgan fingerprint density at radius 3 is 2.87 bits per heavy atom. The molecule has 4 rings (SSSR count). The lowest BCUT2D eigenvalue weighted by atomic mass is 10.1. The highest BCUT2D eigenvalue weighted by atomic mass is 32.1. The standard InChI is InChI=1S/C16H13N5OS/c22-16-19-10-18-15-13(9-20-21(15)16)12-5-3-11(4-6-12)8-17-14-2-1-7-23-14/h1-7,9-10,17H,8H2,(H,18,19,22). The van der Waals surface area contributed by atoms with Crippen LogP contribution < -0.4 is 11.0 Å². The highest BCUT2D eigenvalue weighted by Gasteiger charge is 2.09. The molecule has 0 atom stereocenters. The van der Waals surface area contributed by atoms with E-state index in [9.17, 15) is 4.79 Å². The summed E-state index contributed by atoms with van der Waals surface area (Å²) < 4.78 is 1.27. The highest BCUT2D eigenvalue weighted by Crippen LogP contribution is 2.23. The number of H-pyrrole nitrogens is 1. The second-order valence-electron chi connectivity index (χ2n) is 5.03. The third-order valence-corrected chi connectivity index (χ3v) is 4.39. The number of aromatic nitrogens is 4. The highest BCUT2D eigenvalue weighted by molar-refractivity contribution is 7.14. The smallest absolute Gasteiger partial charge is 0.349 e. The first-order valence-electron chi connectivity index (χ1n) is 7.09. The average Bonchev–Trinajstić information content (AvgIpc) is 3.24. The van der Waals surface area contributed by atoms with Crippen LogP contribution in [-0.4, -0.2) is 19.6 Å². The Hall–Kier alpha value is -2.93. The lowest BCUT2D eigenvalue weighted by Gasteiger charge is -2.05. The van der Waals surface area contributed by atoms with E-state index in [1.54, 1.807) is 17.5 Å². The lowest BCUT2D eigenvalue weighted by Crippen LogP contribution is -2.17. The molecule has 2 N–H and O–H groups in total. The van der Waals surface area contributed by atoms with Crippen LogP contribution in [0, 0.1) is 0 Å². The first-order chi connectivity index (χ1) is 11.3. The van der Waals surface area contributed by atoms with Crippen LogP contribution >= 0.6 is 11.3 Å². The quantitative estimate of drug-likeness (QED) is 0.605. The van der Waals surface area contributed by atoms with Gasteiger partial charge in [0.05, 0.1) is 17.5 Å². The van der Waals surface area contributed by atoms with Crippen molar-refractivity contribution in [1.29, 1.82) is 0 Å². The Morgan fingerprint density at radius 2 is 2.09 bits per heavy atom. The molecule has 114 valence electrons. The summed E-state index contributed by atoms with van der Waals surface area (Å²) in [6.07, 6.45) is 3.05. The van der Waals surface area contributed by atoms with Crippen molar-refractivity contribution < 1.29 is 0 Å². The van der Waals surface area contributed by atoms with Crippen LogP contribution in [0.2, 0.25) is 0 Å². The summed E-state index contributed by atoms with van der Waals surface area (Å²) in [5, 5.41) is 10.7. The SMILES string of the molecule is O=c1[nH]cnc2c(-c3ccc(CNc4cccs4)cc3)cnn12. The molecule has 4 aromatic rings. The van der Waals surface area contributed by atoms with Gasteiger partial charge < -0.3 is 5.32 Å². The van der Waals surface area contributed by atoms with Gasteiger partial charge in [-0.25, -0.2) is 9.78 Å². The van der Waals surface area contributed by atoms with Crippen LogP contribution in [0.15, 0.2) is 59.1 Å². The second-order valence-corrected chi connectivity index (χ2v) is 5.98. The summed E-state index contributed by atoms with van der Waals surface area (Å²) in [5.74, 6) is 0. The number of hydrogen-bond acceptors (Lipinski definition) is 5. The molecule has 0 aliphatic carbocycles. The van der Waals surface area contributed by atoms with Crippen LogP contribution in [-0.2, 0) is 6.54 Å². The maximum absolute atomic E-state index is 11.7. The average molecular weight is 323 g/mol. The van der Waals surface area contributed by atoms with Crippen molar-refractivity contribution in [3.63, 3.8) is 0 Å². The van der Waals surface area contributed by atoms with E-state index < -0.39 is 0 Å². The Bertz CT molecular complexity index is 985. The molecule has 0 bridgehead atoms. The molecule has 3 heterocycles. The fourth-order valence-corrected chi connectivity index (χ4v) is 3.02. The van der Waals surface area contributed by atoms with Crippen LogP contribution in [0.25, 0.3) is 16.8 Å². The minimum Gasteiger partial charge on any atom is -0.373 e. The molecule has 0 aliphatic heterocycles. The molecule has 6 nitrogen and oxygen atoms in total. The van der Waals surface area contributed by atoms with Crippen LogP contribution in [0.3, 0.4) is 0 Å². The van der Waals surface area contributed by atoms with Crippen LogP contribution in [0.4, 0.5) is 5.00 Å². The maximum Gasteiger partial charge on any atom is 0.349 e. The number of aromatic amines is 1. The maximum atomic E-state index is 11.7. The minimum absolute atomic E-state index is 0.294. The summed E-state index contributed by atoms with van der Waals surface area (Å²) in [5.41, 5.74) is 3.27. The van der Waals surface area contributed by atoms with Crippen LogP contribution in [0.1, 0.15) is 5.56 Å². The molecule has 3 aromatic heterocycles. The second kappa shape index (κ2) is 5.69. The first-order valence-corrected chi connectivity index (χ1v) is 7.97. The lowest BCUT2D eigenvalue weighted by molar-refractivity contribution is 0.840. The Labute approximate surface area is 135 Å². The number of thiophene rings is 1. The monoisotopic (exact) mass is 323 g/mol. The third-order valence-electron chi connectivity index (χ3n) is 3.56. The van der Waals surface area contributed by atoms with E-state index in [-0.39, 0.29) is 5.69 Å². The predicted molar refractivity (Wildman–Crippen MR) is 90.7 cm³/mol. The summed E-state index contributed by atoms with van der Waals surface area (Å²) in [7, 11) is 0. The molecule has 0 aliphatic rings. The molecule has 0 radical (unpaired) electrons. The van der Waals surface area contributed by atoms with Gasteiger partial charge in [0.15, 0.2) is 5.65 Å². The summed E-state index contributed by atoms with van der Waals surface area (Å²) in [6, 6.07) is 12.2. The fourth-order valence-electron chi connectivity index (χ4n) is 2.40. The fraction of sp³-hybridized carbons (Fsp3) is 0.0625. The Balaban J connectivity index is 1.60. The molecule has 0 unspecified atom stereocenters. The van der Waals surface area contributed by atoms with E-state index in [2.05, 4.69) is 38.6 Å². The number of nitrogens with one attached hydrogen (secondary N) is 2. The molecular formula is C16H13N5OS. The van der Waals surface area contributed by atoms with Crippen molar-refractivity contribution in [2.45, 2.75) is 6.54 Å². The molecule has 0 saturated carbocycles. The van der Waals surface area contributed by atoms with Crippen LogP contribution in [0.5, 0.6) is 0 Å². The number of anilines is 1. The van der Waals surface area contributed by atoms with E-state index in [4.69, 9.17) is 0 Å². The normalized spacial score (nSPS) is 11.0. The molecule has 0 amide bonds. The summed E-state index contributed by atoms with van der Waals surface area (Å²) in [4.78, 5) is 18.4. The van der Waals surface area contributed by atoms with Crippen molar-refractivity contribution in [1.82, 2.24) is 19.6 Å². The van der Waals surface area contributed by atoms with E-state index in [1.807, 2.05) is 23.6 Å². The number of fused-ring (bicyclic) bond motifs is 1. The molecule has 0 saturated heterocycles. The first kappa shape index (κ1) is 13.7. The number of rotatable bonds is 4. The summed E-state index contributed by atoms with van der Waals surface area (Å²) in [6.45, 7) is 0.771. The molecule has 1 aromatic carbocycles. The number of hydrogen-bond donors (Lipinski definition) is 2. The van der Waals surface area contributed by atoms with Gasteiger partial charge in [-0.05, 0) is 28.6 Å². The van der Waals surface area contributed by atoms with E-state index in [0.29, 0.717) is 5.65 Å². The van der Waals surface area contributed by atoms with E-state index in [0.717, 1.165) is 22.7 Å².